The van der Waals surface area contributed by atoms with Crippen LogP contribution in [0.3, 0.4) is 0 Å². The normalized spacial score (nSPS) is 10.7. The number of hydrogen-bond donors (Lipinski definition) is 2. The summed E-state index contributed by atoms with van der Waals surface area (Å²) in [6.45, 7) is 1.28. The first-order valence-electron chi connectivity index (χ1n) is 4.68. The van der Waals surface area contributed by atoms with Gasteiger partial charge in [-0.05, 0) is 12.1 Å². The summed E-state index contributed by atoms with van der Waals surface area (Å²) in [6.07, 6.45) is 0. The molecule has 1 aromatic heterocycles. The summed E-state index contributed by atoms with van der Waals surface area (Å²) in [7, 11) is 1.65. The fourth-order valence-corrected chi connectivity index (χ4v) is 1.28. The van der Waals surface area contributed by atoms with E-state index in [-0.39, 0.29) is 0 Å². The van der Waals surface area contributed by atoms with Crippen LogP contribution in [0.15, 0.2) is 22.6 Å². The Bertz CT molecular complexity index is 453. The lowest BCUT2D eigenvalue weighted by Crippen LogP contribution is -2.07. The molecular formula is C10H13N3O2. The molecule has 1 aromatic carbocycles. The first kappa shape index (κ1) is 9.79. The fourth-order valence-electron chi connectivity index (χ4n) is 1.28. The third-order valence-electron chi connectivity index (χ3n) is 1.99. The molecule has 0 saturated heterocycles. The molecule has 0 fully saturated rings. The quantitative estimate of drug-likeness (QED) is 0.586. The molecule has 0 amide bonds. The summed E-state index contributed by atoms with van der Waals surface area (Å²) in [5, 5.41) is 3.01. The standard InChI is InChI=1S/C10H13N3O2/c1-14-5-4-12-10-13-8-3-2-7(11)6-9(8)15-10/h2-3,6H,4-5,11H2,1H3,(H,12,13). The SMILES string of the molecule is COCCNc1nc2ccc(N)cc2o1. The molecule has 1 heterocycles. The summed E-state index contributed by atoms with van der Waals surface area (Å²) in [6, 6.07) is 5.87. The zero-order valence-electron chi connectivity index (χ0n) is 8.49. The molecule has 3 N–H and O–H groups in total. The number of nitrogens with zero attached hydrogens (tertiary/aromatic N) is 1. The second kappa shape index (κ2) is 4.18. The predicted molar refractivity (Wildman–Crippen MR) is 58.8 cm³/mol. The van der Waals surface area contributed by atoms with Gasteiger partial charge in [0.05, 0.1) is 6.61 Å². The lowest BCUT2D eigenvalue weighted by molar-refractivity contribution is 0.210. The van der Waals surface area contributed by atoms with Gasteiger partial charge in [0.1, 0.15) is 5.52 Å². The van der Waals surface area contributed by atoms with Crippen molar-refractivity contribution in [2.45, 2.75) is 0 Å². The van der Waals surface area contributed by atoms with E-state index < -0.39 is 0 Å². The van der Waals surface area contributed by atoms with E-state index in [1.165, 1.54) is 0 Å². The Morgan fingerprint density at radius 1 is 1.53 bits per heavy atom. The van der Waals surface area contributed by atoms with E-state index in [9.17, 15) is 0 Å². The molecule has 0 bridgehead atoms. The number of aromatic nitrogens is 1. The molecule has 0 saturated carbocycles. The van der Waals surface area contributed by atoms with Crippen molar-refractivity contribution in [1.29, 1.82) is 0 Å². The van der Waals surface area contributed by atoms with Gasteiger partial charge in [-0.1, -0.05) is 0 Å². The highest BCUT2D eigenvalue weighted by atomic mass is 16.5. The Labute approximate surface area is 87.2 Å². The highest BCUT2D eigenvalue weighted by Crippen LogP contribution is 2.20. The molecule has 2 aromatic rings. The van der Waals surface area contributed by atoms with E-state index in [4.69, 9.17) is 14.9 Å². The Morgan fingerprint density at radius 2 is 2.40 bits per heavy atom. The third-order valence-corrected chi connectivity index (χ3v) is 1.99. The van der Waals surface area contributed by atoms with Gasteiger partial charge in [-0.3, -0.25) is 0 Å². The molecule has 80 valence electrons. The number of nitrogen functional groups attached to an aromatic ring is 1. The van der Waals surface area contributed by atoms with Gasteiger partial charge >= 0.3 is 0 Å². The van der Waals surface area contributed by atoms with Gasteiger partial charge in [0.25, 0.3) is 6.01 Å². The van der Waals surface area contributed by atoms with E-state index in [0.29, 0.717) is 30.4 Å². The number of rotatable bonds is 4. The first-order valence-corrected chi connectivity index (χ1v) is 4.68. The summed E-state index contributed by atoms with van der Waals surface area (Å²) < 4.78 is 10.3. The third kappa shape index (κ3) is 2.19. The second-order valence-corrected chi connectivity index (χ2v) is 3.17. The van der Waals surface area contributed by atoms with Gasteiger partial charge in [0.2, 0.25) is 0 Å². The number of oxazole rings is 1. The van der Waals surface area contributed by atoms with Gasteiger partial charge in [-0.25, -0.2) is 0 Å². The van der Waals surface area contributed by atoms with Crippen LogP contribution in [0, 0.1) is 0 Å². The molecule has 0 aliphatic heterocycles. The molecular weight excluding hydrogens is 194 g/mol. The molecule has 5 heteroatoms. The van der Waals surface area contributed by atoms with Crippen LogP contribution in [-0.2, 0) is 4.74 Å². The van der Waals surface area contributed by atoms with Crippen molar-refractivity contribution in [3.05, 3.63) is 18.2 Å². The van der Waals surface area contributed by atoms with Crippen LogP contribution in [0.25, 0.3) is 11.1 Å². The van der Waals surface area contributed by atoms with Gasteiger partial charge < -0.3 is 20.2 Å². The Hall–Kier alpha value is -1.75. The number of ether oxygens (including phenoxy) is 1. The lowest BCUT2D eigenvalue weighted by atomic mass is 10.3. The maximum absolute atomic E-state index is 5.63. The minimum Gasteiger partial charge on any atom is -0.423 e. The largest absolute Gasteiger partial charge is 0.423 e. The number of nitrogens with one attached hydrogen (secondary N) is 1. The van der Waals surface area contributed by atoms with Gasteiger partial charge in [0.15, 0.2) is 5.58 Å². The fraction of sp³-hybridized carbons (Fsp3) is 0.300. The van der Waals surface area contributed by atoms with Crippen molar-refractivity contribution >= 4 is 22.8 Å². The van der Waals surface area contributed by atoms with Crippen molar-refractivity contribution in [2.24, 2.45) is 0 Å². The average Bonchev–Trinajstić information content (AvgIpc) is 2.60. The molecule has 0 aliphatic carbocycles. The molecule has 5 nitrogen and oxygen atoms in total. The predicted octanol–water partition coefficient (Wildman–Crippen LogP) is 1.47. The van der Waals surface area contributed by atoms with Crippen molar-refractivity contribution in [2.75, 3.05) is 31.3 Å². The highest BCUT2D eigenvalue weighted by Gasteiger charge is 2.04. The van der Waals surface area contributed by atoms with E-state index in [2.05, 4.69) is 10.3 Å². The molecule has 15 heavy (non-hydrogen) atoms. The molecule has 0 spiro atoms. The van der Waals surface area contributed by atoms with Crippen LogP contribution in [0.4, 0.5) is 11.7 Å². The molecule has 0 aliphatic rings. The Balaban J connectivity index is 2.16. The van der Waals surface area contributed by atoms with Crippen molar-refractivity contribution in [1.82, 2.24) is 4.98 Å². The van der Waals surface area contributed by atoms with E-state index in [0.717, 1.165) is 5.52 Å². The van der Waals surface area contributed by atoms with Crippen LogP contribution < -0.4 is 11.1 Å². The van der Waals surface area contributed by atoms with Gasteiger partial charge in [-0.15, -0.1) is 0 Å². The van der Waals surface area contributed by atoms with Gasteiger partial charge in [0, 0.05) is 25.4 Å². The van der Waals surface area contributed by atoms with E-state index in [1.54, 1.807) is 19.2 Å². The minimum atomic E-state index is 0.493. The maximum atomic E-state index is 5.63. The minimum absolute atomic E-state index is 0.493. The highest BCUT2D eigenvalue weighted by molar-refractivity contribution is 5.77. The van der Waals surface area contributed by atoms with Crippen molar-refractivity contribution < 1.29 is 9.15 Å². The van der Waals surface area contributed by atoms with Crippen LogP contribution in [0.5, 0.6) is 0 Å². The number of nitrogens with two attached hydrogens (primary N) is 1. The molecule has 2 rings (SSSR count). The van der Waals surface area contributed by atoms with E-state index in [1.807, 2.05) is 6.07 Å². The molecule has 0 unspecified atom stereocenters. The topological polar surface area (TPSA) is 73.3 Å². The maximum Gasteiger partial charge on any atom is 0.295 e. The van der Waals surface area contributed by atoms with Crippen molar-refractivity contribution in [3.63, 3.8) is 0 Å². The summed E-state index contributed by atoms with van der Waals surface area (Å²) >= 11 is 0. The number of hydrogen-bond acceptors (Lipinski definition) is 5. The molecule has 0 radical (unpaired) electrons. The smallest absolute Gasteiger partial charge is 0.295 e. The summed E-state index contributed by atoms with van der Waals surface area (Å²) in [5.41, 5.74) is 7.78. The zero-order valence-corrected chi connectivity index (χ0v) is 8.49. The lowest BCUT2D eigenvalue weighted by Gasteiger charge is -1.98. The van der Waals surface area contributed by atoms with Crippen LogP contribution >= 0.6 is 0 Å². The van der Waals surface area contributed by atoms with Gasteiger partial charge in [-0.2, -0.15) is 4.98 Å². The number of anilines is 2. The molecule has 0 atom stereocenters. The number of fused-ring (bicyclic) bond motifs is 1. The van der Waals surface area contributed by atoms with Crippen LogP contribution in [0.1, 0.15) is 0 Å². The number of benzene rings is 1. The monoisotopic (exact) mass is 207 g/mol. The van der Waals surface area contributed by atoms with Crippen molar-refractivity contribution in [3.8, 4) is 0 Å². The summed E-state index contributed by atoms with van der Waals surface area (Å²) in [5.74, 6) is 0. The van der Waals surface area contributed by atoms with Crippen LogP contribution in [0.2, 0.25) is 0 Å². The van der Waals surface area contributed by atoms with E-state index >= 15 is 0 Å². The first-order chi connectivity index (χ1) is 7.29. The summed E-state index contributed by atoms with van der Waals surface area (Å²) in [4.78, 5) is 4.24. The van der Waals surface area contributed by atoms with Crippen LogP contribution in [-0.4, -0.2) is 25.2 Å². The number of methoxy groups -OCH3 is 1. The zero-order chi connectivity index (χ0) is 10.7. The Kier molecular flexibility index (Phi) is 2.73. The second-order valence-electron chi connectivity index (χ2n) is 3.17. The average molecular weight is 207 g/mol. The Morgan fingerprint density at radius 3 is 3.20 bits per heavy atom.